The van der Waals surface area contributed by atoms with Crippen LogP contribution in [0.1, 0.15) is 17.0 Å². The lowest BCUT2D eigenvalue weighted by atomic mass is 10.1. The van der Waals surface area contributed by atoms with Gasteiger partial charge in [-0.15, -0.1) is 0 Å². The van der Waals surface area contributed by atoms with Gasteiger partial charge in [-0.25, -0.2) is 14.0 Å². The van der Waals surface area contributed by atoms with Crippen LogP contribution in [0.3, 0.4) is 0 Å². The van der Waals surface area contributed by atoms with Crippen LogP contribution in [-0.4, -0.2) is 27.1 Å². The fraction of sp³-hybridized carbons (Fsp3) is 0.125. The third-order valence-corrected chi connectivity index (χ3v) is 4.72. The molecule has 3 rings (SSSR count). The molecule has 2 heterocycles. The van der Waals surface area contributed by atoms with Crippen molar-refractivity contribution in [3.63, 3.8) is 0 Å². The van der Waals surface area contributed by atoms with Crippen LogP contribution in [-0.2, 0) is 17.6 Å². The number of halogens is 2. The average Bonchev–Trinajstić information content (AvgIpc) is 3.28. The number of carbonyl (C=O) groups excluding carboxylic acids is 1. The topological polar surface area (TPSA) is 101 Å². The van der Waals surface area contributed by atoms with E-state index >= 15 is 0 Å². The summed E-state index contributed by atoms with van der Waals surface area (Å²) in [5.41, 5.74) is 3.54. The fourth-order valence-electron chi connectivity index (χ4n) is 2.19. The molecule has 7 nitrogen and oxygen atoms in total. The summed E-state index contributed by atoms with van der Waals surface area (Å²) < 4.78 is 18.2. The minimum atomic E-state index is -0.440. The van der Waals surface area contributed by atoms with Crippen molar-refractivity contribution in [3.05, 3.63) is 62.3 Å². The number of ketones is 1. The summed E-state index contributed by atoms with van der Waals surface area (Å²) in [7, 11) is 0. The van der Waals surface area contributed by atoms with Crippen LogP contribution in [0.5, 0.6) is 0 Å². The molecule has 10 heteroatoms. The van der Waals surface area contributed by atoms with Crippen LogP contribution in [0.15, 0.2) is 49.1 Å². The maximum atomic E-state index is 13.3. The Morgan fingerprint density at radius 2 is 2.19 bits per heavy atom. The van der Waals surface area contributed by atoms with E-state index in [1.54, 1.807) is 0 Å². The molecule has 2 aromatic heterocycles. The molecule has 0 unspecified atom stereocenters. The van der Waals surface area contributed by atoms with E-state index in [1.807, 2.05) is 22.3 Å². The van der Waals surface area contributed by atoms with Gasteiger partial charge in [0, 0.05) is 6.42 Å². The van der Waals surface area contributed by atoms with E-state index in [0.717, 1.165) is 5.56 Å². The molecule has 26 heavy (non-hydrogen) atoms. The van der Waals surface area contributed by atoms with Crippen molar-refractivity contribution in [2.75, 3.05) is 0 Å². The number of nitrogens with one attached hydrogen (secondary N) is 1. The molecule has 0 atom stereocenters. The summed E-state index contributed by atoms with van der Waals surface area (Å²) in [6.07, 6.45) is 0.238. The van der Waals surface area contributed by atoms with E-state index in [0.29, 0.717) is 5.69 Å². The van der Waals surface area contributed by atoms with E-state index in [9.17, 15) is 14.4 Å². The molecular formula is C16H12BrFN4O3S. The molecule has 0 saturated carbocycles. The highest BCUT2D eigenvalue weighted by Gasteiger charge is 2.19. The number of hydrogen-bond donors (Lipinski definition) is 2. The first-order valence-corrected chi connectivity index (χ1v) is 9.09. The van der Waals surface area contributed by atoms with E-state index in [1.165, 1.54) is 29.5 Å². The average molecular weight is 439 g/mol. The van der Waals surface area contributed by atoms with Gasteiger partial charge in [-0.05, 0) is 61.7 Å². The number of rotatable bonds is 6. The zero-order valence-electron chi connectivity index (χ0n) is 13.1. The smallest absolute Gasteiger partial charge is 0.182 e. The second-order valence-electron chi connectivity index (χ2n) is 5.25. The molecule has 2 N–H and O–H groups in total. The van der Waals surface area contributed by atoms with Crippen molar-refractivity contribution < 1.29 is 19.0 Å². The third-order valence-electron chi connectivity index (χ3n) is 3.38. The number of aliphatic imine (C=N–C) groups is 1. The first-order valence-electron chi connectivity index (χ1n) is 7.35. The van der Waals surface area contributed by atoms with Crippen molar-refractivity contribution in [1.82, 2.24) is 15.8 Å². The summed E-state index contributed by atoms with van der Waals surface area (Å²) in [5, 5.41) is 20.6. The van der Waals surface area contributed by atoms with Gasteiger partial charge in [-0.2, -0.15) is 11.3 Å². The number of amidine groups is 1. The second kappa shape index (κ2) is 8.30. The Kier molecular flexibility index (Phi) is 5.86. The molecule has 0 aliphatic carbocycles. The normalized spacial score (nSPS) is 11.6. The SMILES string of the molecule is O=C(Cc1ccsc1)Cc1nonc1C(=Nc1ccc(F)c(Br)c1)NO. The summed E-state index contributed by atoms with van der Waals surface area (Å²) >= 11 is 4.58. The number of hydrogen-bond acceptors (Lipinski definition) is 7. The van der Waals surface area contributed by atoms with Gasteiger partial charge in [0.15, 0.2) is 11.5 Å². The zero-order chi connectivity index (χ0) is 18.5. The third kappa shape index (κ3) is 4.40. The minimum Gasteiger partial charge on any atom is -0.299 e. The van der Waals surface area contributed by atoms with Crippen molar-refractivity contribution in [2.45, 2.75) is 12.8 Å². The Morgan fingerprint density at radius 1 is 1.35 bits per heavy atom. The number of carbonyl (C=O) groups is 1. The Balaban J connectivity index is 1.81. The van der Waals surface area contributed by atoms with Crippen molar-refractivity contribution in [1.29, 1.82) is 0 Å². The molecule has 0 saturated heterocycles. The number of thiophene rings is 1. The maximum absolute atomic E-state index is 13.3. The first-order chi connectivity index (χ1) is 12.6. The fourth-order valence-corrected chi connectivity index (χ4v) is 3.22. The van der Waals surface area contributed by atoms with Crippen molar-refractivity contribution >= 4 is 44.6 Å². The van der Waals surface area contributed by atoms with E-state index < -0.39 is 5.82 Å². The highest BCUT2D eigenvalue weighted by molar-refractivity contribution is 9.10. The first kappa shape index (κ1) is 18.4. The Morgan fingerprint density at radius 3 is 2.88 bits per heavy atom. The number of benzene rings is 1. The lowest BCUT2D eigenvalue weighted by molar-refractivity contribution is -0.117. The van der Waals surface area contributed by atoms with E-state index in [-0.39, 0.29) is 40.3 Å². The molecule has 0 fully saturated rings. The van der Waals surface area contributed by atoms with Crippen molar-refractivity contribution in [2.24, 2.45) is 4.99 Å². The summed E-state index contributed by atoms with van der Waals surface area (Å²) in [5.74, 6) is -0.587. The standard InChI is InChI=1S/C16H12BrFN4O3S/c17-12-6-10(1-2-13(12)18)19-16(20-24)15-14(21-25-22-15)7-11(23)5-9-3-4-26-8-9/h1-4,6,8,24H,5,7H2,(H,19,20). The molecule has 0 aliphatic heterocycles. The van der Waals surface area contributed by atoms with Crippen LogP contribution in [0, 0.1) is 5.82 Å². The largest absolute Gasteiger partial charge is 0.299 e. The summed E-state index contributed by atoms with van der Waals surface area (Å²) in [6, 6.07) is 5.96. The Labute approximate surface area is 159 Å². The number of Topliss-reactive ketones (excluding diaryl/α,β-unsaturated/α-hetero) is 1. The molecule has 3 aromatic rings. The van der Waals surface area contributed by atoms with Gasteiger partial charge in [0.1, 0.15) is 17.3 Å². The Hall–Kier alpha value is -2.43. The Bertz CT molecular complexity index is 943. The molecular weight excluding hydrogens is 427 g/mol. The van der Waals surface area contributed by atoms with Gasteiger partial charge < -0.3 is 0 Å². The lowest BCUT2D eigenvalue weighted by Gasteiger charge is -2.04. The molecule has 0 aliphatic rings. The van der Waals surface area contributed by atoms with Crippen LogP contribution in [0.2, 0.25) is 0 Å². The molecule has 0 amide bonds. The van der Waals surface area contributed by atoms with Crippen LogP contribution < -0.4 is 5.48 Å². The molecule has 0 spiro atoms. The summed E-state index contributed by atoms with van der Waals surface area (Å²) in [4.78, 5) is 16.4. The van der Waals surface area contributed by atoms with E-state index in [4.69, 9.17) is 4.63 Å². The molecule has 134 valence electrons. The second-order valence-corrected chi connectivity index (χ2v) is 6.89. The van der Waals surface area contributed by atoms with Crippen LogP contribution >= 0.6 is 27.3 Å². The predicted molar refractivity (Wildman–Crippen MR) is 96.3 cm³/mol. The maximum Gasteiger partial charge on any atom is 0.182 e. The van der Waals surface area contributed by atoms with Gasteiger partial charge >= 0.3 is 0 Å². The molecule has 0 radical (unpaired) electrons. The van der Waals surface area contributed by atoms with Crippen LogP contribution in [0.25, 0.3) is 0 Å². The van der Waals surface area contributed by atoms with E-state index in [2.05, 4.69) is 31.2 Å². The number of aromatic nitrogens is 2. The zero-order valence-corrected chi connectivity index (χ0v) is 15.6. The monoisotopic (exact) mass is 438 g/mol. The highest BCUT2D eigenvalue weighted by atomic mass is 79.9. The quantitative estimate of drug-likeness (QED) is 0.347. The number of hydroxylamine groups is 1. The lowest BCUT2D eigenvalue weighted by Crippen LogP contribution is -2.23. The van der Waals surface area contributed by atoms with Gasteiger partial charge in [0.25, 0.3) is 0 Å². The highest BCUT2D eigenvalue weighted by Crippen LogP contribution is 2.23. The summed E-state index contributed by atoms with van der Waals surface area (Å²) in [6.45, 7) is 0. The van der Waals surface area contributed by atoms with Gasteiger partial charge in [-0.3, -0.25) is 15.5 Å². The van der Waals surface area contributed by atoms with Gasteiger partial charge in [-0.1, -0.05) is 5.16 Å². The van der Waals surface area contributed by atoms with Gasteiger partial charge in [0.2, 0.25) is 0 Å². The van der Waals surface area contributed by atoms with Crippen molar-refractivity contribution in [3.8, 4) is 0 Å². The number of nitrogens with zero attached hydrogens (tertiary/aromatic N) is 3. The van der Waals surface area contributed by atoms with Crippen LogP contribution in [0.4, 0.5) is 10.1 Å². The predicted octanol–water partition coefficient (Wildman–Crippen LogP) is 3.44. The molecule has 0 bridgehead atoms. The van der Waals surface area contributed by atoms with Gasteiger partial charge in [0.05, 0.1) is 16.6 Å². The minimum absolute atomic E-state index is 0.0253. The molecule has 1 aromatic carbocycles.